The minimum Gasteiger partial charge on any atom is -0.444 e. The molecule has 5 aromatic rings. The monoisotopic (exact) mass is 545 g/mol. The summed E-state index contributed by atoms with van der Waals surface area (Å²) in [4.78, 5) is 24.2. The molecular formula is C34H35N5O2. The van der Waals surface area contributed by atoms with Gasteiger partial charge in [-0.2, -0.15) is 0 Å². The number of ether oxygens (including phenoxy) is 1. The second-order valence-electron chi connectivity index (χ2n) is 11.5. The van der Waals surface area contributed by atoms with E-state index in [0.717, 1.165) is 34.3 Å². The van der Waals surface area contributed by atoms with E-state index in [1.54, 1.807) is 11.1 Å². The predicted octanol–water partition coefficient (Wildman–Crippen LogP) is 6.69. The number of rotatable bonds is 6. The third kappa shape index (κ3) is 5.15. The number of benzene rings is 3. The molecule has 1 N–H and O–H groups in total. The molecule has 0 unspecified atom stereocenters. The topological polar surface area (TPSA) is 72.3 Å². The summed E-state index contributed by atoms with van der Waals surface area (Å²) in [5.74, 6) is 0.691. The van der Waals surface area contributed by atoms with Crippen LogP contribution in [0.3, 0.4) is 0 Å². The van der Waals surface area contributed by atoms with Gasteiger partial charge in [0.05, 0.1) is 6.20 Å². The molecule has 1 aliphatic heterocycles. The zero-order valence-electron chi connectivity index (χ0n) is 23.7. The van der Waals surface area contributed by atoms with Gasteiger partial charge in [-0.3, -0.25) is 0 Å². The lowest BCUT2D eigenvalue weighted by Gasteiger charge is -2.38. The maximum atomic E-state index is 12.5. The highest BCUT2D eigenvalue weighted by atomic mass is 16.6. The molecule has 0 spiro atoms. The lowest BCUT2D eigenvalue weighted by molar-refractivity contribution is 0.0293. The van der Waals surface area contributed by atoms with Crippen LogP contribution < -0.4 is 5.32 Å². The molecule has 0 saturated carbocycles. The van der Waals surface area contributed by atoms with Crippen molar-refractivity contribution in [3.63, 3.8) is 0 Å². The Morgan fingerprint density at radius 1 is 0.854 bits per heavy atom. The number of fused-ring (bicyclic) bond motifs is 1. The minimum absolute atomic E-state index is 0.0772. The van der Waals surface area contributed by atoms with Crippen LogP contribution in [0.15, 0.2) is 109 Å². The van der Waals surface area contributed by atoms with Crippen molar-refractivity contribution in [1.29, 1.82) is 0 Å². The van der Waals surface area contributed by atoms with Gasteiger partial charge >= 0.3 is 6.09 Å². The van der Waals surface area contributed by atoms with Crippen molar-refractivity contribution in [2.75, 3.05) is 18.4 Å². The van der Waals surface area contributed by atoms with Crippen molar-refractivity contribution in [2.24, 2.45) is 0 Å². The Hall–Kier alpha value is -4.65. The molecule has 2 aromatic heterocycles. The number of carbonyl (C=O) groups is 1. The van der Waals surface area contributed by atoms with Gasteiger partial charge < -0.3 is 19.5 Å². The van der Waals surface area contributed by atoms with E-state index in [2.05, 4.69) is 88.9 Å². The molecule has 1 amide bonds. The van der Waals surface area contributed by atoms with Crippen LogP contribution in [0, 0.1) is 0 Å². The van der Waals surface area contributed by atoms with E-state index in [0.29, 0.717) is 18.9 Å². The van der Waals surface area contributed by atoms with E-state index in [4.69, 9.17) is 14.7 Å². The average molecular weight is 546 g/mol. The molecule has 6 rings (SSSR count). The molecular weight excluding hydrogens is 510 g/mol. The van der Waals surface area contributed by atoms with Crippen LogP contribution in [-0.4, -0.2) is 50.3 Å². The van der Waals surface area contributed by atoms with Gasteiger partial charge in [-0.25, -0.2) is 14.8 Å². The fourth-order valence-corrected chi connectivity index (χ4v) is 5.79. The van der Waals surface area contributed by atoms with Gasteiger partial charge in [-0.1, -0.05) is 91.0 Å². The van der Waals surface area contributed by atoms with Crippen LogP contribution in [0.2, 0.25) is 0 Å². The molecule has 7 nitrogen and oxygen atoms in total. The Bertz CT molecular complexity index is 1530. The van der Waals surface area contributed by atoms with Gasteiger partial charge in [0.25, 0.3) is 0 Å². The lowest BCUT2D eigenvalue weighted by atomic mass is 9.76. The fraction of sp³-hybridized carbons (Fsp3) is 0.265. The van der Waals surface area contributed by atoms with Crippen LogP contribution in [0.1, 0.15) is 43.9 Å². The minimum atomic E-state index is -0.658. The van der Waals surface area contributed by atoms with E-state index < -0.39 is 11.1 Å². The standard InChI is InChI=1S/C34H35N5O2/c1-33(2,3)41-32(40)38-21-19-28(24-38)36-30-23-35-31-29(37-30)20-22-39(31)34(25-13-7-4-8-14-25,26-15-9-5-10-16-26)27-17-11-6-12-18-27/h4-18,20,22-23,28H,19,21,24H2,1-3H3,(H,36,37)/t28-/m1/s1. The van der Waals surface area contributed by atoms with Crippen molar-refractivity contribution in [3.8, 4) is 0 Å². The zero-order chi connectivity index (χ0) is 28.5. The molecule has 208 valence electrons. The summed E-state index contributed by atoms with van der Waals surface area (Å²) < 4.78 is 7.79. The molecule has 1 saturated heterocycles. The Morgan fingerprint density at radius 3 is 1.95 bits per heavy atom. The second-order valence-corrected chi connectivity index (χ2v) is 11.5. The number of anilines is 1. The van der Waals surface area contributed by atoms with Gasteiger partial charge in [0.1, 0.15) is 22.5 Å². The predicted molar refractivity (Wildman–Crippen MR) is 162 cm³/mol. The summed E-state index contributed by atoms with van der Waals surface area (Å²) >= 11 is 0. The third-order valence-corrected chi connectivity index (χ3v) is 7.52. The van der Waals surface area contributed by atoms with Crippen molar-refractivity contribution in [3.05, 3.63) is 126 Å². The molecule has 3 heterocycles. The first kappa shape index (κ1) is 26.6. The quantitative estimate of drug-likeness (QED) is 0.241. The zero-order valence-corrected chi connectivity index (χ0v) is 23.7. The first-order chi connectivity index (χ1) is 19.8. The van der Waals surface area contributed by atoms with Crippen LogP contribution in [0.4, 0.5) is 10.6 Å². The van der Waals surface area contributed by atoms with E-state index in [1.807, 2.05) is 45.0 Å². The summed E-state index contributed by atoms with van der Waals surface area (Å²) in [6.45, 7) is 6.86. The summed E-state index contributed by atoms with van der Waals surface area (Å²) in [7, 11) is 0. The molecule has 3 aromatic carbocycles. The summed E-state index contributed by atoms with van der Waals surface area (Å²) in [5.41, 5.74) is 3.80. The van der Waals surface area contributed by atoms with Crippen molar-refractivity contribution < 1.29 is 9.53 Å². The summed E-state index contributed by atoms with van der Waals surface area (Å²) in [6.07, 6.45) is 4.42. The van der Waals surface area contributed by atoms with Gasteiger partial charge in [0.15, 0.2) is 5.65 Å². The van der Waals surface area contributed by atoms with Crippen molar-refractivity contribution in [2.45, 2.75) is 44.4 Å². The molecule has 1 fully saturated rings. The Morgan fingerprint density at radius 2 is 1.41 bits per heavy atom. The number of hydrogen-bond acceptors (Lipinski definition) is 5. The Balaban J connectivity index is 1.38. The van der Waals surface area contributed by atoms with Gasteiger partial charge in [0.2, 0.25) is 0 Å². The molecule has 7 heteroatoms. The van der Waals surface area contributed by atoms with E-state index in [-0.39, 0.29) is 12.1 Å². The third-order valence-electron chi connectivity index (χ3n) is 7.52. The summed E-state index contributed by atoms with van der Waals surface area (Å²) in [5, 5.41) is 3.49. The van der Waals surface area contributed by atoms with E-state index in [9.17, 15) is 4.79 Å². The number of nitrogens with zero attached hydrogens (tertiary/aromatic N) is 4. The number of carbonyl (C=O) groups excluding carboxylic acids is 1. The summed E-state index contributed by atoms with van der Waals surface area (Å²) in [6, 6.07) is 33.8. The van der Waals surface area contributed by atoms with Gasteiger partial charge in [-0.15, -0.1) is 0 Å². The molecule has 0 radical (unpaired) electrons. The number of aromatic nitrogens is 3. The molecule has 0 bridgehead atoms. The maximum absolute atomic E-state index is 12.5. The highest BCUT2D eigenvalue weighted by Gasteiger charge is 2.39. The number of amides is 1. The van der Waals surface area contributed by atoms with Crippen LogP contribution in [-0.2, 0) is 10.3 Å². The van der Waals surface area contributed by atoms with Crippen molar-refractivity contribution in [1.82, 2.24) is 19.4 Å². The van der Waals surface area contributed by atoms with Crippen LogP contribution in [0.5, 0.6) is 0 Å². The first-order valence-corrected chi connectivity index (χ1v) is 14.1. The number of hydrogen-bond donors (Lipinski definition) is 1. The average Bonchev–Trinajstić information content (AvgIpc) is 3.62. The smallest absolute Gasteiger partial charge is 0.410 e. The lowest BCUT2D eigenvalue weighted by Crippen LogP contribution is -2.37. The van der Waals surface area contributed by atoms with Crippen LogP contribution in [0.25, 0.3) is 11.2 Å². The number of nitrogens with one attached hydrogen (secondary N) is 1. The highest BCUT2D eigenvalue weighted by Crippen LogP contribution is 2.42. The van der Waals surface area contributed by atoms with Gasteiger partial charge in [-0.05, 0) is 49.9 Å². The maximum Gasteiger partial charge on any atom is 0.410 e. The van der Waals surface area contributed by atoms with Crippen molar-refractivity contribution >= 4 is 23.1 Å². The molecule has 1 aliphatic rings. The first-order valence-electron chi connectivity index (χ1n) is 14.1. The second kappa shape index (κ2) is 10.7. The largest absolute Gasteiger partial charge is 0.444 e. The normalized spacial score (nSPS) is 15.7. The SMILES string of the molecule is CC(C)(C)OC(=O)N1CC[C@@H](Nc2cnc3c(ccn3C(c3ccccc3)(c3ccccc3)c3ccccc3)n2)C1. The number of likely N-dealkylation sites (tertiary alicyclic amines) is 1. The van der Waals surface area contributed by atoms with E-state index >= 15 is 0 Å². The molecule has 0 aliphatic carbocycles. The molecule has 1 atom stereocenters. The fourth-order valence-electron chi connectivity index (χ4n) is 5.79. The Kier molecular flexibility index (Phi) is 6.95. The van der Waals surface area contributed by atoms with E-state index in [1.165, 1.54) is 0 Å². The molecule has 41 heavy (non-hydrogen) atoms. The highest BCUT2D eigenvalue weighted by molar-refractivity contribution is 5.75. The van der Waals surface area contributed by atoms with Gasteiger partial charge in [0, 0.05) is 25.3 Å². The van der Waals surface area contributed by atoms with Crippen LogP contribution >= 0.6 is 0 Å². The Labute approximate surface area is 240 Å².